The van der Waals surface area contributed by atoms with Gasteiger partial charge in [-0.1, -0.05) is 57.4 Å². The summed E-state index contributed by atoms with van der Waals surface area (Å²) in [6.07, 6.45) is 7.72. The Hall–Kier alpha value is 0.892. The highest BCUT2D eigenvalue weighted by Crippen LogP contribution is 2.33. The summed E-state index contributed by atoms with van der Waals surface area (Å²) >= 11 is 18.4. The zero-order valence-electron chi connectivity index (χ0n) is 9.82. The highest BCUT2D eigenvalue weighted by atomic mass is 35.8. The molecule has 15 heavy (non-hydrogen) atoms. The molecule has 0 aromatic rings. The standard InChI is InChI=1S/C10H20BCl3Si/c1-4-7-8-9-10(15(12,13)14)11(5-2)6-3/h9H,4-8H2,1-3H3/b10-9-. The van der Waals surface area contributed by atoms with Crippen LogP contribution in [0.15, 0.2) is 11.2 Å². The quantitative estimate of drug-likeness (QED) is 0.335. The Labute approximate surface area is 110 Å². The summed E-state index contributed by atoms with van der Waals surface area (Å²) < 4.78 is 0. The van der Waals surface area contributed by atoms with E-state index >= 15 is 0 Å². The first-order valence-corrected chi connectivity index (χ1v) is 10.8. The van der Waals surface area contributed by atoms with Crippen LogP contribution in [-0.4, -0.2) is 12.7 Å². The summed E-state index contributed by atoms with van der Waals surface area (Å²) in [6, 6.07) is -2.66. The minimum Gasteiger partial charge on any atom is -0.122 e. The van der Waals surface area contributed by atoms with E-state index in [1.165, 1.54) is 12.8 Å². The molecule has 0 aliphatic carbocycles. The van der Waals surface area contributed by atoms with Gasteiger partial charge in [0.25, 0.3) is 0 Å². The normalized spacial score (nSPS) is 13.1. The van der Waals surface area contributed by atoms with Crippen molar-refractivity contribution in [3.63, 3.8) is 0 Å². The lowest BCUT2D eigenvalue weighted by molar-refractivity contribution is 0.814. The molecule has 0 spiro atoms. The van der Waals surface area contributed by atoms with Gasteiger partial charge in [-0.2, -0.15) is 0 Å². The second-order valence-electron chi connectivity index (χ2n) is 3.81. The second kappa shape index (κ2) is 8.05. The van der Waals surface area contributed by atoms with Crippen LogP contribution in [0.1, 0.15) is 40.0 Å². The molecule has 0 saturated carbocycles. The van der Waals surface area contributed by atoms with Gasteiger partial charge in [0, 0.05) is 0 Å². The molecule has 0 aromatic carbocycles. The molecule has 0 radical (unpaired) electrons. The van der Waals surface area contributed by atoms with Gasteiger partial charge in [-0.15, -0.1) is 33.2 Å². The van der Waals surface area contributed by atoms with Gasteiger partial charge in [0.1, 0.15) is 0 Å². The lowest BCUT2D eigenvalue weighted by Crippen LogP contribution is -2.28. The van der Waals surface area contributed by atoms with E-state index in [4.69, 9.17) is 33.2 Å². The van der Waals surface area contributed by atoms with Crippen molar-refractivity contribution in [1.82, 2.24) is 0 Å². The Morgan fingerprint density at radius 3 is 2.00 bits per heavy atom. The van der Waals surface area contributed by atoms with Crippen LogP contribution in [-0.2, 0) is 0 Å². The van der Waals surface area contributed by atoms with E-state index in [0.717, 1.165) is 24.2 Å². The summed E-state index contributed by atoms with van der Waals surface area (Å²) in [5.41, 5.74) is 0. The molecule has 0 unspecified atom stereocenters. The van der Waals surface area contributed by atoms with Crippen LogP contribution in [0.25, 0.3) is 0 Å². The van der Waals surface area contributed by atoms with Gasteiger partial charge >= 0.3 is 6.00 Å². The van der Waals surface area contributed by atoms with E-state index in [0.29, 0.717) is 6.71 Å². The molecular formula is C10H20BCl3Si. The fraction of sp³-hybridized carbons (Fsp3) is 0.800. The molecular weight excluding hydrogens is 265 g/mol. The van der Waals surface area contributed by atoms with Gasteiger partial charge in [-0.3, -0.25) is 0 Å². The van der Waals surface area contributed by atoms with Crippen molar-refractivity contribution in [1.29, 1.82) is 0 Å². The average molecular weight is 286 g/mol. The van der Waals surface area contributed by atoms with Gasteiger partial charge < -0.3 is 0 Å². The SMILES string of the molecule is CCCC/C=C(/B(CC)CC)[Si](Cl)(Cl)Cl. The molecule has 0 heterocycles. The molecule has 0 N–H and O–H groups in total. The molecule has 88 valence electrons. The van der Waals surface area contributed by atoms with Crippen molar-refractivity contribution in [2.75, 3.05) is 0 Å². The van der Waals surface area contributed by atoms with E-state index in [1.807, 2.05) is 0 Å². The van der Waals surface area contributed by atoms with E-state index in [2.05, 4.69) is 26.8 Å². The van der Waals surface area contributed by atoms with E-state index in [9.17, 15) is 0 Å². The molecule has 0 aliphatic heterocycles. The van der Waals surface area contributed by atoms with Crippen molar-refractivity contribution in [3.05, 3.63) is 11.2 Å². The third-order valence-electron chi connectivity index (χ3n) is 2.67. The number of unbranched alkanes of at least 4 members (excludes halogenated alkanes) is 2. The maximum atomic E-state index is 6.13. The molecule has 0 amide bonds. The van der Waals surface area contributed by atoms with Crippen LogP contribution in [0, 0.1) is 0 Å². The van der Waals surface area contributed by atoms with E-state index in [-0.39, 0.29) is 0 Å². The van der Waals surface area contributed by atoms with Gasteiger partial charge in [0.05, 0.1) is 0 Å². The topological polar surface area (TPSA) is 0 Å². The Morgan fingerprint density at radius 2 is 1.67 bits per heavy atom. The summed E-state index contributed by atoms with van der Waals surface area (Å²) in [6.45, 7) is 6.96. The number of allylic oxidation sites excluding steroid dienone is 1. The number of hydrogen-bond acceptors (Lipinski definition) is 0. The van der Waals surface area contributed by atoms with Crippen molar-refractivity contribution in [2.24, 2.45) is 0 Å². The third-order valence-corrected chi connectivity index (χ3v) is 5.91. The summed E-state index contributed by atoms with van der Waals surface area (Å²) in [4.78, 5) is 0. The van der Waals surface area contributed by atoms with Crippen LogP contribution in [0.4, 0.5) is 0 Å². The fourth-order valence-corrected chi connectivity index (χ4v) is 5.03. The highest BCUT2D eigenvalue weighted by Gasteiger charge is 2.35. The second-order valence-corrected chi connectivity index (χ2v) is 12.2. The molecule has 0 aliphatic rings. The number of hydrogen-bond donors (Lipinski definition) is 0. The smallest absolute Gasteiger partial charge is 0.122 e. The average Bonchev–Trinajstić information content (AvgIpc) is 2.16. The first-order chi connectivity index (χ1) is 6.97. The molecule has 0 aromatic heterocycles. The zero-order valence-corrected chi connectivity index (χ0v) is 13.1. The number of rotatable bonds is 7. The monoisotopic (exact) mass is 284 g/mol. The molecule has 0 rings (SSSR count). The van der Waals surface area contributed by atoms with Crippen molar-refractivity contribution >= 4 is 46.0 Å². The van der Waals surface area contributed by atoms with Crippen LogP contribution in [0.2, 0.25) is 12.6 Å². The van der Waals surface area contributed by atoms with Crippen molar-refractivity contribution < 1.29 is 0 Å². The predicted molar refractivity (Wildman–Crippen MR) is 77.6 cm³/mol. The third kappa shape index (κ3) is 6.25. The zero-order chi connectivity index (χ0) is 11.9. The number of halogens is 3. The van der Waals surface area contributed by atoms with Gasteiger partial charge in [0.15, 0.2) is 6.71 Å². The summed E-state index contributed by atoms with van der Waals surface area (Å²) in [5.74, 6) is 0. The van der Waals surface area contributed by atoms with Crippen molar-refractivity contribution in [3.8, 4) is 0 Å². The Bertz CT molecular complexity index is 197. The molecule has 0 nitrogen and oxygen atoms in total. The highest BCUT2D eigenvalue weighted by molar-refractivity contribution is 7.69. The van der Waals surface area contributed by atoms with Gasteiger partial charge in [0.2, 0.25) is 0 Å². The van der Waals surface area contributed by atoms with Gasteiger partial charge in [-0.25, -0.2) is 0 Å². The lowest BCUT2D eigenvalue weighted by Gasteiger charge is -2.19. The Balaban J connectivity index is 4.64. The Morgan fingerprint density at radius 1 is 1.13 bits per heavy atom. The van der Waals surface area contributed by atoms with Crippen LogP contribution in [0.5, 0.6) is 0 Å². The van der Waals surface area contributed by atoms with Crippen LogP contribution < -0.4 is 0 Å². The maximum Gasteiger partial charge on any atom is 0.360 e. The molecule has 0 saturated heterocycles. The van der Waals surface area contributed by atoms with E-state index < -0.39 is 6.00 Å². The van der Waals surface area contributed by atoms with Gasteiger partial charge in [-0.05, 0) is 6.42 Å². The largest absolute Gasteiger partial charge is 0.360 e. The first kappa shape index (κ1) is 15.9. The predicted octanol–water partition coefficient (Wildman–Crippen LogP) is 5.37. The summed E-state index contributed by atoms with van der Waals surface area (Å²) in [5, 5.41) is 1.12. The maximum absolute atomic E-state index is 6.13. The Kier molecular flexibility index (Phi) is 8.53. The minimum atomic E-state index is -2.66. The van der Waals surface area contributed by atoms with E-state index in [1.54, 1.807) is 0 Å². The lowest BCUT2D eigenvalue weighted by atomic mass is 9.45. The van der Waals surface area contributed by atoms with Crippen molar-refractivity contribution in [2.45, 2.75) is 52.7 Å². The molecule has 5 heteroatoms. The molecule has 0 bridgehead atoms. The van der Waals surface area contributed by atoms with Crippen LogP contribution in [0.3, 0.4) is 0 Å². The first-order valence-electron chi connectivity index (χ1n) is 5.74. The summed E-state index contributed by atoms with van der Waals surface area (Å²) in [7, 11) is 0. The fourth-order valence-electron chi connectivity index (χ4n) is 1.70. The van der Waals surface area contributed by atoms with Crippen LogP contribution >= 0.6 is 33.2 Å². The molecule has 0 fully saturated rings. The minimum absolute atomic E-state index is 0.459. The molecule has 0 atom stereocenters.